The van der Waals surface area contributed by atoms with E-state index < -0.39 is 62.3 Å². The van der Waals surface area contributed by atoms with Gasteiger partial charge in [0.2, 0.25) is 0 Å². The first-order valence-electron chi connectivity index (χ1n) is 7.13. The predicted molar refractivity (Wildman–Crippen MR) is 87.4 cm³/mol. The highest BCUT2D eigenvalue weighted by Crippen LogP contribution is 2.39. The molecule has 0 heterocycles. The number of nitrogens with one attached hydrogen (secondary N) is 1. The summed E-state index contributed by atoms with van der Waals surface area (Å²) in [5, 5.41) is 10.9. The van der Waals surface area contributed by atoms with Gasteiger partial charge in [0.1, 0.15) is 11.6 Å². The first kappa shape index (κ1) is 20.4. The van der Waals surface area contributed by atoms with Crippen LogP contribution in [0.2, 0.25) is 0 Å². The van der Waals surface area contributed by atoms with Crippen molar-refractivity contribution >= 4 is 29.1 Å². The average Bonchev–Trinajstić information content (AvgIpc) is 2.52. The number of halogens is 5. The minimum absolute atomic E-state index is 0.0936. The highest BCUT2D eigenvalue weighted by molar-refractivity contribution is 8.00. The summed E-state index contributed by atoms with van der Waals surface area (Å²) in [5.41, 5.74) is -6.49. The molecule has 1 amide bonds. The molecular weight excluding hydrogens is 391 g/mol. The van der Waals surface area contributed by atoms with E-state index in [0.29, 0.717) is 12.1 Å². The van der Waals surface area contributed by atoms with Gasteiger partial charge >= 0.3 is 5.51 Å². The molecule has 0 aliphatic carbocycles. The van der Waals surface area contributed by atoms with Gasteiger partial charge in [-0.2, -0.15) is 18.4 Å². The molecule has 140 valence electrons. The highest BCUT2D eigenvalue weighted by Gasteiger charge is 2.32. The number of carbonyl (C=O) groups excluding carboxylic acids is 2. The molecular formula is C17H9F5N2O2S. The number of nitrogens with zero attached hydrogens (tertiary/aromatic N) is 1. The Morgan fingerprint density at radius 3 is 2.37 bits per heavy atom. The average molecular weight is 400 g/mol. The van der Waals surface area contributed by atoms with E-state index in [-0.39, 0.29) is 5.56 Å². The van der Waals surface area contributed by atoms with Gasteiger partial charge in [-0.15, -0.1) is 0 Å². The Kier molecular flexibility index (Phi) is 5.85. The maximum absolute atomic E-state index is 13.8. The van der Waals surface area contributed by atoms with E-state index in [1.54, 1.807) is 6.07 Å². The lowest BCUT2D eigenvalue weighted by Gasteiger charge is -2.14. The van der Waals surface area contributed by atoms with E-state index in [0.717, 1.165) is 25.1 Å². The third kappa shape index (κ3) is 5.04. The second-order valence-corrected chi connectivity index (χ2v) is 6.30. The summed E-state index contributed by atoms with van der Waals surface area (Å²) in [7, 11) is 0. The minimum Gasteiger partial charge on any atom is -0.321 e. The Hall–Kier alpha value is -2.93. The van der Waals surface area contributed by atoms with Crippen LogP contribution in [0, 0.1) is 23.0 Å². The molecule has 0 atom stereocenters. The molecule has 10 heteroatoms. The number of benzene rings is 2. The number of Topliss-reactive ketones (excluding diaryl/α,β-unsaturated/α-hetero) is 1. The topological polar surface area (TPSA) is 70.0 Å². The SMILES string of the molecule is CC(=O)c1c(F)cc(F)cc1NC(=O)c1cc(C#N)ccc1SC(F)(F)F. The first-order valence-corrected chi connectivity index (χ1v) is 7.94. The molecule has 27 heavy (non-hydrogen) atoms. The molecule has 4 nitrogen and oxygen atoms in total. The zero-order valence-corrected chi connectivity index (χ0v) is 14.3. The number of carbonyl (C=O) groups is 2. The van der Waals surface area contributed by atoms with Crippen LogP contribution in [0.4, 0.5) is 27.6 Å². The van der Waals surface area contributed by atoms with Gasteiger partial charge in [0.25, 0.3) is 5.91 Å². The van der Waals surface area contributed by atoms with E-state index in [9.17, 15) is 31.5 Å². The second kappa shape index (κ2) is 7.75. The largest absolute Gasteiger partial charge is 0.446 e. The summed E-state index contributed by atoms with van der Waals surface area (Å²) < 4.78 is 65.4. The van der Waals surface area contributed by atoms with Crippen molar-refractivity contribution < 1.29 is 31.5 Å². The van der Waals surface area contributed by atoms with E-state index >= 15 is 0 Å². The van der Waals surface area contributed by atoms with Crippen molar-refractivity contribution in [2.24, 2.45) is 0 Å². The first-order chi connectivity index (χ1) is 12.5. The molecule has 0 saturated carbocycles. The molecule has 0 radical (unpaired) electrons. The quantitative estimate of drug-likeness (QED) is 0.450. The van der Waals surface area contributed by atoms with Crippen LogP contribution < -0.4 is 5.32 Å². The molecule has 0 aliphatic heterocycles. The van der Waals surface area contributed by atoms with E-state index in [1.807, 2.05) is 5.32 Å². The van der Waals surface area contributed by atoms with Crippen LogP contribution in [0.5, 0.6) is 0 Å². The molecule has 0 spiro atoms. The zero-order chi connectivity index (χ0) is 20.4. The van der Waals surface area contributed by atoms with Crippen LogP contribution in [0.15, 0.2) is 35.2 Å². The Morgan fingerprint density at radius 2 is 1.81 bits per heavy atom. The number of rotatable bonds is 4. The number of hydrogen-bond donors (Lipinski definition) is 1. The lowest BCUT2D eigenvalue weighted by atomic mass is 10.1. The number of amides is 1. The van der Waals surface area contributed by atoms with Crippen molar-refractivity contribution in [2.75, 3.05) is 5.32 Å². The summed E-state index contributed by atoms with van der Waals surface area (Å²) in [4.78, 5) is 23.5. The normalized spacial score (nSPS) is 11.0. The smallest absolute Gasteiger partial charge is 0.321 e. The summed E-state index contributed by atoms with van der Waals surface area (Å²) in [5.74, 6) is -4.30. The van der Waals surface area contributed by atoms with Crippen LogP contribution in [-0.2, 0) is 0 Å². The van der Waals surface area contributed by atoms with Crippen LogP contribution in [-0.4, -0.2) is 17.2 Å². The monoisotopic (exact) mass is 400 g/mol. The van der Waals surface area contributed by atoms with Gasteiger partial charge in [-0.3, -0.25) is 9.59 Å². The van der Waals surface area contributed by atoms with Crippen LogP contribution >= 0.6 is 11.8 Å². The van der Waals surface area contributed by atoms with Gasteiger partial charge in [-0.1, -0.05) is 0 Å². The zero-order valence-electron chi connectivity index (χ0n) is 13.4. The second-order valence-electron chi connectivity index (χ2n) is 5.19. The number of anilines is 1. The van der Waals surface area contributed by atoms with Crippen molar-refractivity contribution in [2.45, 2.75) is 17.3 Å². The number of alkyl halides is 3. The fourth-order valence-corrected chi connectivity index (χ4v) is 2.86. The third-order valence-corrected chi connectivity index (χ3v) is 4.04. The maximum Gasteiger partial charge on any atom is 0.446 e. The van der Waals surface area contributed by atoms with Crippen molar-refractivity contribution in [3.63, 3.8) is 0 Å². The summed E-state index contributed by atoms with van der Waals surface area (Å²) >= 11 is -0.583. The number of ketones is 1. The Morgan fingerprint density at radius 1 is 1.15 bits per heavy atom. The predicted octanol–water partition coefficient (Wildman–Crippen LogP) is 4.90. The molecule has 0 bridgehead atoms. The molecule has 0 fully saturated rings. The van der Waals surface area contributed by atoms with Crippen molar-refractivity contribution in [1.82, 2.24) is 0 Å². The summed E-state index contributed by atoms with van der Waals surface area (Å²) in [6, 6.07) is 5.72. The molecule has 2 aromatic carbocycles. The molecule has 2 rings (SSSR count). The molecule has 0 unspecified atom stereocenters. The van der Waals surface area contributed by atoms with E-state index in [2.05, 4.69) is 0 Å². The lowest BCUT2D eigenvalue weighted by molar-refractivity contribution is -0.0328. The van der Waals surface area contributed by atoms with Crippen LogP contribution in [0.25, 0.3) is 0 Å². The van der Waals surface area contributed by atoms with Gasteiger partial charge in [-0.05, 0) is 43.0 Å². The molecule has 2 aromatic rings. The number of nitriles is 1. The Bertz CT molecular complexity index is 967. The van der Waals surface area contributed by atoms with Gasteiger partial charge < -0.3 is 5.32 Å². The van der Waals surface area contributed by atoms with Gasteiger partial charge in [0, 0.05) is 11.0 Å². The molecule has 0 saturated heterocycles. The van der Waals surface area contributed by atoms with E-state index in [4.69, 9.17) is 5.26 Å². The molecule has 0 aliphatic rings. The summed E-state index contributed by atoms with van der Waals surface area (Å²) in [6.45, 7) is 0.979. The molecule has 0 aromatic heterocycles. The van der Waals surface area contributed by atoms with Crippen LogP contribution in [0.3, 0.4) is 0 Å². The number of hydrogen-bond acceptors (Lipinski definition) is 4. The minimum atomic E-state index is -4.71. The third-order valence-electron chi connectivity index (χ3n) is 3.23. The van der Waals surface area contributed by atoms with Crippen molar-refractivity contribution in [1.29, 1.82) is 5.26 Å². The number of thioether (sulfide) groups is 1. The lowest BCUT2D eigenvalue weighted by Crippen LogP contribution is -2.17. The van der Waals surface area contributed by atoms with E-state index in [1.165, 1.54) is 0 Å². The van der Waals surface area contributed by atoms with Gasteiger partial charge in [0.15, 0.2) is 5.78 Å². The standard InChI is InChI=1S/C17H9F5N2O2S/c1-8(25)15-12(19)5-10(18)6-13(15)24-16(26)11-4-9(7-23)2-3-14(11)27-17(20,21)22/h2-6H,1H3,(H,24,26). The van der Waals surface area contributed by atoms with Crippen molar-refractivity contribution in [3.05, 3.63) is 58.7 Å². The highest BCUT2D eigenvalue weighted by atomic mass is 32.2. The molecule has 1 N–H and O–H groups in total. The van der Waals surface area contributed by atoms with Gasteiger partial charge in [0.05, 0.1) is 28.4 Å². The fraction of sp³-hybridized carbons (Fsp3) is 0.118. The van der Waals surface area contributed by atoms with Crippen LogP contribution in [0.1, 0.15) is 33.2 Å². The Balaban J connectivity index is 2.50. The fourth-order valence-electron chi connectivity index (χ4n) is 2.21. The maximum atomic E-state index is 13.8. The summed E-state index contributed by atoms with van der Waals surface area (Å²) in [6.07, 6.45) is 0. The van der Waals surface area contributed by atoms with Gasteiger partial charge in [-0.25, -0.2) is 8.78 Å². The van der Waals surface area contributed by atoms with Crippen molar-refractivity contribution in [3.8, 4) is 6.07 Å². The Labute approximate surface area is 154 Å².